The molecule has 0 radical (unpaired) electrons. The summed E-state index contributed by atoms with van der Waals surface area (Å²) in [6.07, 6.45) is 0. The van der Waals surface area contributed by atoms with Crippen LogP contribution in [0.15, 0.2) is 40.2 Å². The number of fused-ring (bicyclic) bond motifs is 1. The highest BCUT2D eigenvalue weighted by Gasteiger charge is 2.20. The molecule has 21 heavy (non-hydrogen) atoms. The predicted octanol–water partition coefficient (Wildman–Crippen LogP) is 2.68. The van der Waals surface area contributed by atoms with E-state index in [9.17, 15) is 5.11 Å². The Morgan fingerprint density at radius 2 is 2.24 bits per heavy atom. The van der Waals surface area contributed by atoms with E-state index < -0.39 is 5.60 Å². The first-order valence-electron chi connectivity index (χ1n) is 6.48. The number of benzene rings is 1. The minimum Gasteiger partial charge on any atom is -0.490 e. The fourth-order valence-electron chi connectivity index (χ4n) is 1.88. The van der Waals surface area contributed by atoms with Gasteiger partial charge in [-0.25, -0.2) is 0 Å². The van der Waals surface area contributed by atoms with Crippen LogP contribution in [0.4, 0.5) is 0 Å². The van der Waals surface area contributed by atoms with Gasteiger partial charge in [0.05, 0.1) is 6.61 Å². The molecule has 0 spiro atoms. The zero-order valence-corrected chi connectivity index (χ0v) is 12.3. The fraction of sp³-hybridized carbons (Fsp3) is 0.267. The molecular weight excluding hydrogens is 290 g/mol. The van der Waals surface area contributed by atoms with Gasteiger partial charge in [0.25, 0.3) is 0 Å². The number of rotatable bonds is 5. The minimum atomic E-state index is -1.26. The topological polar surface area (TPSA) is 75.7 Å². The van der Waals surface area contributed by atoms with Crippen LogP contribution in [-0.4, -0.2) is 34.2 Å². The third-order valence-corrected chi connectivity index (χ3v) is 3.98. The molecule has 0 aliphatic rings. The van der Waals surface area contributed by atoms with Gasteiger partial charge in [0.15, 0.2) is 5.58 Å². The Kier molecular flexibility index (Phi) is 3.67. The third kappa shape index (κ3) is 2.92. The van der Waals surface area contributed by atoms with Crippen LogP contribution < -0.4 is 4.74 Å². The lowest BCUT2D eigenvalue weighted by molar-refractivity contribution is -0.0324. The molecule has 0 saturated heterocycles. The molecule has 1 unspecified atom stereocenters. The zero-order chi connectivity index (χ0) is 14.9. The molecule has 0 bridgehead atoms. The molecule has 1 aromatic carbocycles. The van der Waals surface area contributed by atoms with Crippen molar-refractivity contribution in [3.8, 4) is 17.0 Å². The van der Waals surface area contributed by atoms with E-state index in [0.29, 0.717) is 5.75 Å². The molecule has 0 saturated carbocycles. The van der Waals surface area contributed by atoms with Crippen molar-refractivity contribution in [1.29, 1.82) is 0 Å². The van der Waals surface area contributed by atoms with Crippen LogP contribution in [0.2, 0.25) is 0 Å². The van der Waals surface area contributed by atoms with E-state index in [0.717, 1.165) is 21.5 Å². The van der Waals surface area contributed by atoms with E-state index in [2.05, 4.69) is 5.16 Å². The summed E-state index contributed by atoms with van der Waals surface area (Å²) in [5.41, 5.74) is 1.17. The van der Waals surface area contributed by atoms with Crippen molar-refractivity contribution in [2.24, 2.45) is 0 Å². The zero-order valence-electron chi connectivity index (χ0n) is 11.4. The molecule has 0 amide bonds. The Morgan fingerprint density at radius 1 is 1.38 bits per heavy atom. The molecule has 5 nitrogen and oxygen atoms in total. The van der Waals surface area contributed by atoms with E-state index in [4.69, 9.17) is 14.4 Å². The summed E-state index contributed by atoms with van der Waals surface area (Å²) in [7, 11) is 0. The molecule has 2 N–H and O–H groups in total. The Hall–Kier alpha value is -1.89. The van der Waals surface area contributed by atoms with Crippen LogP contribution in [0.1, 0.15) is 6.92 Å². The molecule has 0 fully saturated rings. The van der Waals surface area contributed by atoms with Crippen LogP contribution in [0.5, 0.6) is 5.75 Å². The van der Waals surface area contributed by atoms with Gasteiger partial charge in [-0.2, -0.15) is 0 Å². The molecule has 3 aromatic rings. The van der Waals surface area contributed by atoms with Crippen molar-refractivity contribution in [2.45, 2.75) is 12.5 Å². The smallest absolute Gasteiger partial charge is 0.178 e. The maximum absolute atomic E-state index is 9.75. The van der Waals surface area contributed by atoms with Crippen molar-refractivity contribution < 1.29 is 19.5 Å². The van der Waals surface area contributed by atoms with Gasteiger partial charge in [-0.3, -0.25) is 0 Å². The molecule has 110 valence electrons. The number of nitrogens with zero attached hydrogens (tertiary/aromatic N) is 1. The van der Waals surface area contributed by atoms with Gasteiger partial charge >= 0.3 is 0 Å². The van der Waals surface area contributed by atoms with Gasteiger partial charge in [-0.1, -0.05) is 17.3 Å². The van der Waals surface area contributed by atoms with Crippen LogP contribution in [0.25, 0.3) is 21.5 Å². The number of hydrogen-bond acceptors (Lipinski definition) is 6. The second-order valence-electron chi connectivity index (χ2n) is 5.12. The quantitative estimate of drug-likeness (QED) is 0.758. The Labute approximate surface area is 125 Å². The monoisotopic (exact) mass is 305 g/mol. The number of ether oxygens (including phenoxy) is 1. The van der Waals surface area contributed by atoms with Crippen LogP contribution in [0, 0.1) is 0 Å². The Morgan fingerprint density at radius 3 is 3.05 bits per heavy atom. The first-order valence-corrected chi connectivity index (χ1v) is 7.36. The summed E-state index contributed by atoms with van der Waals surface area (Å²) < 4.78 is 11.8. The summed E-state index contributed by atoms with van der Waals surface area (Å²) in [6, 6.07) is 9.29. The normalized spacial score (nSPS) is 14.2. The van der Waals surface area contributed by atoms with Gasteiger partial charge in [-0.15, -0.1) is 11.3 Å². The van der Waals surface area contributed by atoms with Crippen molar-refractivity contribution in [1.82, 2.24) is 5.16 Å². The molecule has 0 aliphatic carbocycles. The summed E-state index contributed by atoms with van der Waals surface area (Å²) in [5, 5.41) is 24.8. The second-order valence-corrected chi connectivity index (χ2v) is 6.03. The lowest BCUT2D eigenvalue weighted by atomic mass is 10.1. The summed E-state index contributed by atoms with van der Waals surface area (Å²) in [6.45, 7) is 1.18. The number of thiophene rings is 1. The Balaban J connectivity index is 1.85. The molecule has 3 rings (SSSR count). The maximum atomic E-state index is 9.75. The first kappa shape index (κ1) is 14.1. The summed E-state index contributed by atoms with van der Waals surface area (Å²) >= 11 is 1.57. The number of hydrogen-bond donors (Lipinski definition) is 2. The van der Waals surface area contributed by atoms with E-state index in [-0.39, 0.29) is 13.2 Å². The second kappa shape index (κ2) is 5.48. The summed E-state index contributed by atoms with van der Waals surface area (Å²) in [5.74, 6) is 0.605. The lowest BCUT2D eigenvalue weighted by Gasteiger charge is -2.20. The van der Waals surface area contributed by atoms with E-state index in [1.54, 1.807) is 17.4 Å². The highest BCUT2D eigenvalue weighted by molar-refractivity contribution is 7.17. The highest BCUT2D eigenvalue weighted by atomic mass is 32.1. The van der Waals surface area contributed by atoms with Gasteiger partial charge in [-0.05, 0) is 30.5 Å². The van der Waals surface area contributed by atoms with E-state index in [1.165, 1.54) is 6.92 Å². The number of aliphatic hydroxyl groups excluding tert-OH is 1. The van der Waals surface area contributed by atoms with Crippen molar-refractivity contribution >= 4 is 21.6 Å². The molecule has 0 aliphatic heterocycles. The standard InChI is InChI=1S/C15H15NO4S/c1-15(18,8-17)9-19-11-4-2-3-10(7-11)13-14-12(20-16-13)5-6-21-14/h2-7,17-18H,8-9H2,1H3. The average molecular weight is 305 g/mol. The van der Waals surface area contributed by atoms with Crippen molar-refractivity contribution in [3.63, 3.8) is 0 Å². The van der Waals surface area contributed by atoms with Crippen LogP contribution >= 0.6 is 11.3 Å². The molecule has 2 aromatic heterocycles. The maximum Gasteiger partial charge on any atom is 0.178 e. The minimum absolute atomic E-state index is 0.0141. The average Bonchev–Trinajstić information content (AvgIpc) is 3.08. The fourth-order valence-corrected chi connectivity index (χ4v) is 2.70. The van der Waals surface area contributed by atoms with Gasteiger partial charge in [0.2, 0.25) is 0 Å². The SMILES string of the molecule is CC(O)(CO)COc1cccc(-c2noc3ccsc23)c1. The molecule has 2 heterocycles. The third-order valence-electron chi connectivity index (χ3n) is 3.08. The van der Waals surface area contributed by atoms with E-state index >= 15 is 0 Å². The van der Waals surface area contributed by atoms with Crippen molar-refractivity contribution in [3.05, 3.63) is 35.7 Å². The molecule has 1 atom stereocenters. The number of aromatic nitrogens is 1. The highest BCUT2D eigenvalue weighted by Crippen LogP contribution is 2.33. The predicted molar refractivity (Wildman–Crippen MR) is 80.5 cm³/mol. The van der Waals surface area contributed by atoms with E-state index in [1.807, 2.05) is 29.6 Å². The van der Waals surface area contributed by atoms with Gasteiger partial charge in [0.1, 0.15) is 28.4 Å². The summed E-state index contributed by atoms with van der Waals surface area (Å²) in [4.78, 5) is 0. The first-order chi connectivity index (χ1) is 10.1. The van der Waals surface area contributed by atoms with Gasteiger partial charge < -0.3 is 19.5 Å². The van der Waals surface area contributed by atoms with Crippen LogP contribution in [0.3, 0.4) is 0 Å². The lowest BCUT2D eigenvalue weighted by Crippen LogP contribution is -2.36. The largest absolute Gasteiger partial charge is 0.490 e. The van der Waals surface area contributed by atoms with Crippen molar-refractivity contribution in [2.75, 3.05) is 13.2 Å². The Bertz CT molecular complexity index is 747. The number of aliphatic hydroxyl groups is 2. The molecular formula is C15H15NO4S. The van der Waals surface area contributed by atoms with Gasteiger partial charge in [0, 0.05) is 5.56 Å². The molecule has 6 heteroatoms. The van der Waals surface area contributed by atoms with Crippen LogP contribution in [-0.2, 0) is 0 Å².